The molecule has 17 heavy (non-hydrogen) atoms. The average Bonchev–Trinajstić information content (AvgIpc) is 2.14. The van der Waals surface area contributed by atoms with Crippen LogP contribution in [0.15, 0.2) is 10.7 Å². The summed E-state index contributed by atoms with van der Waals surface area (Å²) in [5.74, 6) is 1.77. The molecule has 0 saturated carbocycles. The second-order valence-electron chi connectivity index (χ2n) is 5.70. The van der Waals surface area contributed by atoms with Crippen LogP contribution in [0.4, 0.5) is 0 Å². The zero-order valence-corrected chi connectivity index (χ0v) is 12.8. The van der Waals surface area contributed by atoms with Crippen molar-refractivity contribution in [2.75, 3.05) is 6.61 Å². The molecule has 0 N–H and O–H groups in total. The molecule has 0 fully saturated rings. The van der Waals surface area contributed by atoms with Crippen molar-refractivity contribution in [1.29, 1.82) is 0 Å². The Bertz CT molecular complexity index is 372. The van der Waals surface area contributed by atoms with Gasteiger partial charge in [-0.1, -0.05) is 34.6 Å². The van der Waals surface area contributed by atoms with E-state index in [0.717, 1.165) is 16.8 Å². The van der Waals surface area contributed by atoms with Gasteiger partial charge in [0.25, 0.3) is 0 Å². The second kappa shape index (κ2) is 5.80. The van der Waals surface area contributed by atoms with E-state index in [1.54, 1.807) is 0 Å². The molecule has 3 nitrogen and oxygen atoms in total. The van der Waals surface area contributed by atoms with E-state index in [1.807, 2.05) is 6.07 Å². The minimum Gasteiger partial charge on any atom is -0.478 e. The van der Waals surface area contributed by atoms with E-state index in [1.165, 1.54) is 0 Å². The van der Waals surface area contributed by atoms with Crippen molar-refractivity contribution in [2.45, 2.75) is 47.0 Å². The van der Waals surface area contributed by atoms with Gasteiger partial charge >= 0.3 is 0 Å². The van der Waals surface area contributed by atoms with Crippen molar-refractivity contribution in [3.05, 3.63) is 16.5 Å². The number of rotatable bonds is 4. The van der Waals surface area contributed by atoms with Crippen molar-refractivity contribution in [3.63, 3.8) is 0 Å². The summed E-state index contributed by atoms with van der Waals surface area (Å²) in [6.45, 7) is 11.4. The fourth-order valence-corrected chi connectivity index (χ4v) is 1.59. The van der Waals surface area contributed by atoms with Gasteiger partial charge in [-0.05, 0) is 27.8 Å². The summed E-state index contributed by atoms with van der Waals surface area (Å²) in [5.41, 5.74) is 0.283. The van der Waals surface area contributed by atoms with Crippen molar-refractivity contribution in [1.82, 2.24) is 9.97 Å². The number of hydrogen-bond acceptors (Lipinski definition) is 3. The fraction of sp³-hybridized carbons (Fsp3) is 0.692. The molecule has 1 aromatic heterocycles. The van der Waals surface area contributed by atoms with Gasteiger partial charge in [0.05, 0.1) is 6.61 Å². The van der Waals surface area contributed by atoms with Crippen LogP contribution in [0, 0.1) is 5.41 Å². The molecular formula is C13H21BrN2O. The van der Waals surface area contributed by atoms with E-state index in [2.05, 4.69) is 60.5 Å². The SMILES string of the molecule is CC(C)c1nc(Br)cc(OCCC(C)(C)C)n1. The highest BCUT2D eigenvalue weighted by molar-refractivity contribution is 9.10. The van der Waals surface area contributed by atoms with Crippen LogP contribution < -0.4 is 4.74 Å². The van der Waals surface area contributed by atoms with Crippen molar-refractivity contribution in [2.24, 2.45) is 5.41 Å². The van der Waals surface area contributed by atoms with Gasteiger partial charge < -0.3 is 4.74 Å². The van der Waals surface area contributed by atoms with Crippen LogP contribution in [0.5, 0.6) is 5.88 Å². The Kier molecular flexibility index (Phi) is 4.92. The maximum absolute atomic E-state index is 5.67. The van der Waals surface area contributed by atoms with Crippen LogP contribution in [0.1, 0.15) is 52.8 Å². The van der Waals surface area contributed by atoms with Gasteiger partial charge in [0.1, 0.15) is 10.4 Å². The fourth-order valence-electron chi connectivity index (χ4n) is 1.21. The van der Waals surface area contributed by atoms with E-state index in [9.17, 15) is 0 Å². The molecule has 0 bridgehead atoms. The first-order valence-electron chi connectivity index (χ1n) is 5.95. The van der Waals surface area contributed by atoms with Crippen LogP contribution >= 0.6 is 15.9 Å². The number of hydrogen-bond donors (Lipinski definition) is 0. The first-order valence-corrected chi connectivity index (χ1v) is 6.74. The third-order valence-corrected chi connectivity index (χ3v) is 2.71. The lowest BCUT2D eigenvalue weighted by Gasteiger charge is -2.18. The first kappa shape index (κ1) is 14.4. The van der Waals surface area contributed by atoms with Gasteiger partial charge in [-0.2, -0.15) is 4.98 Å². The molecular weight excluding hydrogens is 280 g/mol. The molecule has 0 aliphatic rings. The Hall–Kier alpha value is -0.640. The Morgan fingerprint density at radius 3 is 2.47 bits per heavy atom. The molecule has 0 aromatic carbocycles. The molecule has 1 heterocycles. The summed E-state index contributed by atoms with van der Waals surface area (Å²) in [5, 5.41) is 0. The summed E-state index contributed by atoms with van der Waals surface area (Å²) >= 11 is 3.38. The molecule has 0 atom stereocenters. The molecule has 4 heteroatoms. The predicted octanol–water partition coefficient (Wildman–Crippen LogP) is 4.18. The van der Waals surface area contributed by atoms with Gasteiger partial charge in [0.15, 0.2) is 0 Å². The third kappa shape index (κ3) is 5.48. The van der Waals surface area contributed by atoms with E-state index in [-0.39, 0.29) is 5.41 Å². The van der Waals surface area contributed by atoms with Gasteiger partial charge in [-0.3, -0.25) is 0 Å². The maximum atomic E-state index is 5.67. The molecule has 0 unspecified atom stereocenters. The summed E-state index contributed by atoms with van der Waals surface area (Å²) in [4.78, 5) is 8.71. The second-order valence-corrected chi connectivity index (χ2v) is 6.51. The summed E-state index contributed by atoms with van der Waals surface area (Å²) in [7, 11) is 0. The number of nitrogens with zero attached hydrogens (tertiary/aromatic N) is 2. The normalized spacial score (nSPS) is 11.9. The van der Waals surface area contributed by atoms with Gasteiger partial charge in [0, 0.05) is 12.0 Å². The number of halogens is 1. The number of ether oxygens (including phenoxy) is 1. The van der Waals surface area contributed by atoms with E-state index in [0.29, 0.717) is 18.4 Å². The minimum absolute atomic E-state index is 0.283. The molecule has 1 aromatic rings. The maximum Gasteiger partial charge on any atom is 0.217 e. The Labute approximate surface area is 112 Å². The molecule has 0 amide bonds. The number of aromatic nitrogens is 2. The summed E-state index contributed by atoms with van der Waals surface area (Å²) < 4.78 is 6.45. The van der Waals surface area contributed by atoms with Crippen molar-refractivity contribution >= 4 is 15.9 Å². The standard InChI is InChI=1S/C13H21BrN2O/c1-9(2)12-15-10(14)8-11(16-12)17-7-6-13(3,4)5/h8-9H,6-7H2,1-5H3. The Balaban J connectivity index is 2.65. The first-order chi connectivity index (χ1) is 7.78. The zero-order valence-electron chi connectivity index (χ0n) is 11.2. The minimum atomic E-state index is 0.283. The monoisotopic (exact) mass is 300 g/mol. The lowest BCUT2D eigenvalue weighted by molar-refractivity contribution is 0.235. The van der Waals surface area contributed by atoms with Crippen LogP contribution in [-0.4, -0.2) is 16.6 Å². The molecule has 0 aliphatic heterocycles. The zero-order chi connectivity index (χ0) is 13.1. The summed E-state index contributed by atoms with van der Waals surface area (Å²) in [6.07, 6.45) is 1.01. The molecule has 1 rings (SSSR count). The molecule has 0 saturated heterocycles. The van der Waals surface area contributed by atoms with Crippen LogP contribution in [0.2, 0.25) is 0 Å². The quantitative estimate of drug-likeness (QED) is 0.783. The third-order valence-electron chi connectivity index (χ3n) is 2.31. The predicted molar refractivity (Wildman–Crippen MR) is 73.4 cm³/mol. The highest BCUT2D eigenvalue weighted by atomic mass is 79.9. The smallest absolute Gasteiger partial charge is 0.217 e. The van der Waals surface area contributed by atoms with E-state index >= 15 is 0 Å². The highest BCUT2D eigenvalue weighted by Gasteiger charge is 2.11. The lowest BCUT2D eigenvalue weighted by Crippen LogP contribution is -2.12. The highest BCUT2D eigenvalue weighted by Crippen LogP contribution is 2.21. The van der Waals surface area contributed by atoms with E-state index in [4.69, 9.17) is 4.74 Å². The van der Waals surface area contributed by atoms with Crippen LogP contribution in [0.3, 0.4) is 0 Å². The van der Waals surface area contributed by atoms with Crippen molar-refractivity contribution < 1.29 is 4.74 Å². The average molecular weight is 301 g/mol. The van der Waals surface area contributed by atoms with E-state index < -0.39 is 0 Å². The molecule has 0 aliphatic carbocycles. The summed E-state index contributed by atoms with van der Waals surface area (Å²) in [6, 6.07) is 1.81. The van der Waals surface area contributed by atoms with Crippen molar-refractivity contribution in [3.8, 4) is 5.88 Å². The Morgan fingerprint density at radius 2 is 1.94 bits per heavy atom. The lowest BCUT2D eigenvalue weighted by atomic mass is 9.93. The van der Waals surface area contributed by atoms with Gasteiger partial charge in [0.2, 0.25) is 5.88 Å². The largest absolute Gasteiger partial charge is 0.478 e. The topological polar surface area (TPSA) is 35.0 Å². The van der Waals surface area contributed by atoms with Gasteiger partial charge in [-0.25, -0.2) is 4.98 Å². The molecule has 96 valence electrons. The Morgan fingerprint density at radius 1 is 1.29 bits per heavy atom. The van der Waals surface area contributed by atoms with Gasteiger partial charge in [-0.15, -0.1) is 0 Å². The van der Waals surface area contributed by atoms with Crippen LogP contribution in [0.25, 0.3) is 0 Å². The molecule has 0 radical (unpaired) electrons. The molecule has 0 spiro atoms. The van der Waals surface area contributed by atoms with Crippen LogP contribution in [-0.2, 0) is 0 Å².